The van der Waals surface area contributed by atoms with E-state index in [0.717, 1.165) is 31.7 Å². The molecule has 1 N–H and O–H groups in total. The first-order valence-electron chi connectivity index (χ1n) is 9.18. The average Bonchev–Trinajstić information content (AvgIpc) is 2.69. The van der Waals surface area contributed by atoms with Crippen LogP contribution in [0.4, 0.5) is 10.6 Å². The molecule has 0 radical (unpaired) electrons. The minimum atomic E-state index is -0.276. The van der Waals surface area contributed by atoms with Crippen LogP contribution in [0.25, 0.3) is 0 Å². The molecular weight excluding hydrogens is 336 g/mol. The number of nitrogens with one attached hydrogen (secondary N) is 1. The highest BCUT2D eigenvalue weighted by atomic mass is 16.6. The number of carbonyl (C=O) groups is 2. The van der Waals surface area contributed by atoms with Crippen LogP contribution in [0.3, 0.4) is 0 Å². The average molecular weight is 362 g/mol. The highest BCUT2D eigenvalue weighted by Gasteiger charge is 2.25. The number of morpholine rings is 1. The first kappa shape index (κ1) is 18.4. The van der Waals surface area contributed by atoms with E-state index in [4.69, 9.17) is 9.47 Å². The molecule has 2 fully saturated rings. The van der Waals surface area contributed by atoms with Gasteiger partial charge in [-0.1, -0.05) is 0 Å². The quantitative estimate of drug-likeness (QED) is 0.868. The molecule has 2 aliphatic heterocycles. The van der Waals surface area contributed by atoms with Crippen molar-refractivity contribution in [1.29, 1.82) is 0 Å². The maximum absolute atomic E-state index is 12.6. The smallest absolute Gasteiger partial charge is 0.409 e. The Morgan fingerprint density at radius 1 is 1.27 bits per heavy atom. The van der Waals surface area contributed by atoms with Gasteiger partial charge in [0.25, 0.3) is 5.91 Å². The molecule has 0 atom stereocenters. The minimum absolute atomic E-state index is 0.0631. The van der Waals surface area contributed by atoms with Gasteiger partial charge in [0, 0.05) is 44.0 Å². The van der Waals surface area contributed by atoms with Crippen molar-refractivity contribution >= 4 is 17.8 Å². The number of anilines is 1. The number of hydrogen-bond donors (Lipinski definition) is 1. The number of likely N-dealkylation sites (tertiary alicyclic amines) is 1. The van der Waals surface area contributed by atoms with Crippen LogP contribution in [0.2, 0.25) is 0 Å². The first-order valence-corrected chi connectivity index (χ1v) is 9.18. The topological polar surface area (TPSA) is 84.0 Å². The molecule has 0 unspecified atom stereocenters. The fourth-order valence-corrected chi connectivity index (χ4v) is 3.21. The Balaban J connectivity index is 1.53. The maximum Gasteiger partial charge on any atom is 0.409 e. The summed E-state index contributed by atoms with van der Waals surface area (Å²) in [5, 5.41) is 3.07. The monoisotopic (exact) mass is 362 g/mol. The van der Waals surface area contributed by atoms with E-state index in [-0.39, 0.29) is 18.0 Å². The number of pyridine rings is 1. The van der Waals surface area contributed by atoms with Crippen molar-refractivity contribution in [3.8, 4) is 0 Å². The Morgan fingerprint density at radius 3 is 2.69 bits per heavy atom. The summed E-state index contributed by atoms with van der Waals surface area (Å²) in [4.78, 5) is 32.5. The molecule has 8 nitrogen and oxygen atoms in total. The van der Waals surface area contributed by atoms with E-state index in [9.17, 15) is 9.59 Å². The summed E-state index contributed by atoms with van der Waals surface area (Å²) in [5.41, 5.74) is 0.606. The number of aromatic nitrogens is 1. The molecule has 8 heteroatoms. The Hall–Kier alpha value is -2.35. The van der Waals surface area contributed by atoms with Crippen molar-refractivity contribution in [3.63, 3.8) is 0 Å². The standard InChI is InChI=1S/C18H26N4O4/c1-2-26-18(24)22-7-4-15(5-8-22)20-17(23)14-3-6-19-16(13-14)21-9-11-25-12-10-21/h3,6,13,15H,2,4-5,7-12H2,1H3,(H,20,23). The van der Waals surface area contributed by atoms with Gasteiger partial charge in [0.2, 0.25) is 0 Å². The van der Waals surface area contributed by atoms with E-state index in [1.807, 2.05) is 6.07 Å². The van der Waals surface area contributed by atoms with Gasteiger partial charge >= 0.3 is 6.09 Å². The molecule has 2 aliphatic rings. The van der Waals surface area contributed by atoms with E-state index < -0.39 is 0 Å². The van der Waals surface area contributed by atoms with Crippen LogP contribution >= 0.6 is 0 Å². The summed E-state index contributed by atoms with van der Waals surface area (Å²) in [7, 11) is 0. The molecule has 0 bridgehead atoms. The lowest BCUT2D eigenvalue weighted by Crippen LogP contribution is -2.46. The van der Waals surface area contributed by atoms with Gasteiger partial charge in [-0.2, -0.15) is 0 Å². The molecule has 3 heterocycles. The fourth-order valence-electron chi connectivity index (χ4n) is 3.21. The molecule has 3 rings (SSSR count). The molecule has 0 aliphatic carbocycles. The van der Waals surface area contributed by atoms with Gasteiger partial charge < -0.3 is 24.6 Å². The summed E-state index contributed by atoms with van der Waals surface area (Å²) in [5.74, 6) is 0.703. The molecule has 0 spiro atoms. The Bertz CT molecular complexity index is 625. The zero-order valence-corrected chi connectivity index (χ0v) is 15.1. The molecule has 1 aromatic rings. The lowest BCUT2D eigenvalue weighted by Gasteiger charge is -2.31. The number of rotatable bonds is 4. The SMILES string of the molecule is CCOC(=O)N1CCC(NC(=O)c2ccnc(N3CCOCC3)c2)CC1. The van der Waals surface area contributed by atoms with Gasteiger partial charge in [-0.25, -0.2) is 9.78 Å². The van der Waals surface area contributed by atoms with Crippen molar-refractivity contribution in [2.75, 3.05) is 50.9 Å². The van der Waals surface area contributed by atoms with E-state index in [1.54, 1.807) is 24.1 Å². The van der Waals surface area contributed by atoms with E-state index >= 15 is 0 Å². The number of piperidine rings is 1. The van der Waals surface area contributed by atoms with Crippen molar-refractivity contribution in [1.82, 2.24) is 15.2 Å². The molecule has 142 valence electrons. The fraction of sp³-hybridized carbons (Fsp3) is 0.611. The van der Waals surface area contributed by atoms with E-state index in [1.165, 1.54) is 0 Å². The number of ether oxygens (including phenoxy) is 2. The highest BCUT2D eigenvalue weighted by Crippen LogP contribution is 2.16. The predicted molar refractivity (Wildman–Crippen MR) is 96.4 cm³/mol. The zero-order valence-electron chi connectivity index (χ0n) is 15.1. The second-order valence-corrected chi connectivity index (χ2v) is 6.44. The normalized spacial score (nSPS) is 18.5. The number of hydrogen-bond acceptors (Lipinski definition) is 6. The van der Waals surface area contributed by atoms with Crippen molar-refractivity contribution in [3.05, 3.63) is 23.9 Å². The van der Waals surface area contributed by atoms with Gasteiger partial charge in [0.05, 0.1) is 19.8 Å². The van der Waals surface area contributed by atoms with Gasteiger partial charge in [0.1, 0.15) is 5.82 Å². The molecule has 2 amide bonds. The summed E-state index contributed by atoms with van der Waals surface area (Å²) >= 11 is 0. The van der Waals surface area contributed by atoms with Crippen molar-refractivity contribution in [2.45, 2.75) is 25.8 Å². The molecular formula is C18H26N4O4. The molecule has 0 saturated carbocycles. The second kappa shape index (κ2) is 8.84. The van der Waals surface area contributed by atoms with Crippen molar-refractivity contribution < 1.29 is 19.1 Å². The van der Waals surface area contributed by atoms with Crippen molar-refractivity contribution in [2.24, 2.45) is 0 Å². The molecule has 0 aromatic carbocycles. The van der Waals surface area contributed by atoms with Gasteiger partial charge in [-0.15, -0.1) is 0 Å². The first-order chi connectivity index (χ1) is 12.7. The summed E-state index contributed by atoms with van der Waals surface area (Å²) < 4.78 is 10.4. The van der Waals surface area contributed by atoms with Crippen LogP contribution in [-0.2, 0) is 9.47 Å². The number of nitrogens with zero attached hydrogens (tertiary/aromatic N) is 3. The Kier molecular flexibility index (Phi) is 6.27. The van der Waals surface area contributed by atoms with Gasteiger partial charge in [0.15, 0.2) is 0 Å². The Morgan fingerprint density at radius 2 is 2.00 bits per heavy atom. The van der Waals surface area contributed by atoms with Crippen LogP contribution in [0.5, 0.6) is 0 Å². The summed E-state index contributed by atoms with van der Waals surface area (Å²) in [6, 6.07) is 3.62. The lowest BCUT2D eigenvalue weighted by molar-refractivity contribution is 0.0860. The summed E-state index contributed by atoms with van der Waals surface area (Å²) in [6.07, 6.45) is 2.85. The minimum Gasteiger partial charge on any atom is -0.450 e. The molecule has 26 heavy (non-hydrogen) atoms. The third kappa shape index (κ3) is 4.63. The molecule has 2 saturated heterocycles. The number of carbonyl (C=O) groups excluding carboxylic acids is 2. The third-order valence-electron chi connectivity index (χ3n) is 4.70. The Labute approximate surface area is 153 Å². The highest BCUT2D eigenvalue weighted by molar-refractivity contribution is 5.95. The number of amides is 2. The largest absolute Gasteiger partial charge is 0.450 e. The van der Waals surface area contributed by atoms with Crippen LogP contribution < -0.4 is 10.2 Å². The van der Waals surface area contributed by atoms with Gasteiger partial charge in [-0.05, 0) is 31.9 Å². The van der Waals surface area contributed by atoms with Gasteiger partial charge in [-0.3, -0.25) is 4.79 Å². The van der Waals surface area contributed by atoms with E-state index in [0.29, 0.717) is 38.5 Å². The third-order valence-corrected chi connectivity index (χ3v) is 4.70. The maximum atomic E-state index is 12.6. The zero-order chi connectivity index (χ0) is 18.4. The van der Waals surface area contributed by atoms with Crippen LogP contribution in [-0.4, -0.2) is 73.9 Å². The summed E-state index contributed by atoms with van der Waals surface area (Å²) in [6.45, 7) is 6.29. The van der Waals surface area contributed by atoms with Crippen LogP contribution in [0, 0.1) is 0 Å². The lowest BCUT2D eigenvalue weighted by atomic mass is 10.0. The van der Waals surface area contributed by atoms with Crippen LogP contribution in [0.1, 0.15) is 30.1 Å². The van der Waals surface area contributed by atoms with E-state index in [2.05, 4.69) is 15.2 Å². The van der Waals surface area contributed by atoms with Crippen LogP contribution in [0.15, 0.2) is 18.3 Å². The second-order valence-electron chi connectivity index (χ2n) is 6.44. The predicted octanol–water partition coefficient (Wildman–Crippen LogP) is 1.27. The molecule has 1 aromatic heterocycles.